The molecule has 27 heavy (non-hydrogen) atoms. The van der Waals surface area contributed by atoms with Gasteiger partial charge in [-0.25, -0.2) is 4.39 Å². The lowest BCUT2D eigenvalue weighted by molar-refractivity contribution is 0.104. The molecule has 1 aromatic heterocycles. The number of benzene rings is 1. The molecule has 2 aromatic rings. The van der Waals surface area contributed by atoms with Gasteiger partial charge in [-0.05, 0) is 37.0 Å². The summed E-state index contributed by atoms with van der Waals surface area (Å²) < 4.78 is 16.1. The summed E-state index contributed by atoms with van der Waals surface area (Å²) in [5.41, 5.74) is 1.82. The molecule has 1 heterocycles. The van der Waals surface area contributed by atoms with Gasteiger partial charge in [0.05, 0.1) is 12.6 Å². The first kappa shape index (κ1) is 20.4. The highest BCUT2D eigenvalue weighted by molar-refractivity contribution is 6.18. The molecule has 5 heteroatoms. The van der Waals surface area contributed by atoms with Gasteiger partial charge >= 0.3 is 0 Å². The second-order valence-corrected chi connectivity index (χ2v) is 8.03. The zero-order valence-electron chi connectivity index (χ0n) is 15.9. The summed E-state index contributed by atoms with van der Waals surface area (Å²) in [5, 5.41) is 10.1. The molecule has 0 radical (unpaired) electrons. The highest BCUT2D eigenvalue weighted by atomic mass is 35.5. The van der Waals surface area contributed by atoms with Crippen LogP contribution in [0.5, 0.6) is 0 Å². The van der Waals surface area contributed by atoms with E-state index in [0.29, 0.717) is 24.6 Å². The molecule has 1 N–H and O–H groups in total. The zero-order chi connectivity index (χ0) is 19.1. The van der Waals surface area contributed by atoms with Crippen molar-refractivity contribution in [2.45, 2.75) is 51.3 Å². The summed E-state index contributed by atoms with van der Waals surface area (Å²) >= 11 is 5.85. The Labute approximate surface area is 166 Å². The van der Waals surface area contributed by atoms with Crippen molar-refractivity contribution >= 4 is 11.6 Å². The largest absolute Gasteiger partial charge is 0.391 e. The van der Waals surface area contributed by atoms with Crippen molar-refractivity contribution in [1.29, 1.82) is 0 Å². The van der Waals surface area contributed by atoms with Crippen LogP contribution in [-0.2, 0) is 13.1 Å². The SMILES string of the molecule is OC(CCl)CN(Cc1cccn1Cc1ccccc1F)CC1CCCCC1. The van der Waals surface area contributed by atoms with Crippen LogP contribution in [0, 0.1) is 11.7 Å². The molecule has 1 aliphatic rings. The van der Waals surface area contributed by atoms with Crippen LogP contribution in [0.3, 0.4) is 0 Å². The zero-order valence-corrected chi connectivity index (χ0v) is 16.6. The minimum Gasteiger partial charge on any atom is -0.391 e. The Hall–Kier alpha value is -1.36. The Bertz CT molecular complexity index is 699. The molecule has 0 amide bonds. The number of aliphatic hydroxyl groups is 1. The average molecular weight is 393 g/mol. The van der Waals surface area contributed by atoms with Gasteiger partial charge in [-0.2, -0.15) is 0 Å². The molecule has 1 atom stereocenters. The Morgan fingerprint density at radius 3 is 2.67 bits per heavy atom. The van der Waals surface area contributed by atoms with E-state index in [1.807, 2.05) is 24.4 Å². The molecule has 1 aromatic carbocycles. The van der Waals surface area contributed by atoms with Crippen molar-refractivity contribution in [2.24, 2.45) is 5.92 Å². The number of nitrogens with zero attached hydrogens (tertiary/aromatic N) is 2. The highest BCUT2D eigenvalue weighted by Crippen LogP contribution is 2.25. The Morgan fingerprint density at radius 1 is 1.15 bits per heavy atom. The summed E-state index contributed by atoms with van der Waals surface area (Å²) in [6, 6.07) is 11.0. The molecule has 1 fully saturated rings. The van der Waals surface area contributed by atoms with Gasteiger partial charge < -0.3 is 9.67 Å². The summed E-state index contributed by atoms with van der Waals surface area (Å²) in [6.07, 6.45) is 7.96. The molecule has 0 saturated heterocycles. The van der Waals surface area contributed by atoms with Crippen molar-refractivity contribution in [2.75, 3.05) is 19.0 Å². The highest BCUT2D eigenvalue weighted by Gasteiger charge is 2.20. The van der Waals surface area contributed by atoms with Crippen LogP contribution >= 0.6 is 11.6 Å². The second-order valence-electron chi connectivity index (χ2n) is 7.73. The molecule has 3 rings (SSSR count). The predicted molar refractivity (Wildman–Crippen MR) is 109 cm³/mol. The Morgan fingerprint density at radius 2 is 1.93 bits per heavy atom. The smallest absolute Gasteiger partial charge is 0.128 e. The molecule has 1 saturated carbocycles. The second kappa shape index (κ2) is 10.3. The predicted octanol–water partition coefficient (Wildman–Crippen LogP) is 4.66. The van der Waals surface area contributed by atoms with E-state index in [4.69, 9.17) is 11.6 Å². The molecule has 3 nitrogen and oxygen atoms in total. The van der Waals surface area contributed by atoms with E-state index in [-0.39, 0.29) is 11.7 Å². The summed E-state index contributed by atoms with van der Waals surface area (Å²) in [5.74, 6) is 0.766. The van der Waals surface area contributed by atoms with Gasteiger partial charge in [0.1, 0.15) is 5.82 Å². The van der Waals surface area contributed by atoms with E-state index < -0.39 is 6.10 Å². The topological polar surface area (TPSA) is 28.4 Å². The van der Waals surface area contributed by atoms with E-state index in [2.05, 4.69) is 15.5 Å². The summed E-state index contributed by atoms with van der Waals surface area (Å²) in [7, 11) is 0. The van der Waals surface area contributed by atoms with Gasteiger partial charge in [-0.1, -0.05) is 37.5 Å². The van der Waals surface area contributed by atoms with E-state index >= 15 is 0 Å². The maximum Gasteiger partial charge on any atom is 0.128 e. The van der Waals surface area contributed by atoms with E-state index in [1.165, 1.54) is 38.2 Å². The van der Waals surface area contributed by atoms with Gasteiger partial charge in [-0.15, -0.1) is 11.6 Å². The number of hydrogen-bond donors (Lipinski definition) is 1. The van der Waals surface area contributed by atoms with Crippen LogP contribution in [0.25, 0.3) is 0 Å². The molecule has 0 bridgehead atoms. The van der Waals surface area contributed by atoms with Crippen LogP contribution in [0.1, 0.15) is 43.4 Å². The van der Waals surface area contributed by atoms with Crippen LogP contribution in [0.4, 0.5) is 4.39 Å². The van der Waals surface area contributed by atoms with Crippen molar-refractivity contribution in [1.82, 2.24) is 9.47 Å². The van der Waals surface area contributed by atoms with Gasteiger partial charge in [0, 0.05) is 43.0 Å². The van der Waals surface area contributed by atoms with Crippen LogP contribution in [0.2, 0.25) is 0 Å². The van der Waals surface area contributed by atoms with Crippen LogP contribution < -0.4 is 0 Å². The molecule has 148 valence electrons. The van der Waals surface area contributed by atoms with Gasteiger partial charge in [-0.3, -0.25) is 4.90 Å². The first-order valence-electron chi connectivity index (χ1n) is 9.99. The Balaban J connectivity index is 1.69. The fraction of sp³-hybridized carbons (Fsp3) is 0.545. The van der Waals surface area contributed by atoms with Crippen molar-refractivity contribution in [3.05, 3.63) is 59.7 Å². The lowest BCUT2D eigenvalue weighted by Crippen LogP contribution is -2.37. The number of rotatable bonds is 9. The normalized spacial score (nSPS) is 16.7. The minimum absolute atomic E-state index is 0.172. The molecule has 1 aliphatic carbocycles. The summed E-state index contributed by atoms with van der Waals surface area (Å²) in [6.45, 7) is 2.82. The molecular formula is C22H30ClFN2O. The third-order valence-corrected chi connectivity index (χ3v) is 5.85. The van der Waals surface area contributed by atoms with Gasteiger partial charge in [0.2, 0.25) is 0 Å². The molecule has 0 spiro atoms. The molecular weight excluding hydrogens is 363 g/mol. The van der Waals surface area contributed by atoms with E-state index in [1.54, 1.807) is 6.07 Å². The lowest BCUT2D eigenvalue weighted by Gasteiger charge is -2.31. The van der Waals surface area contributed by atoms with Crippen molar-refractivity contribution in [3.8, 4) is 0 Å². The summed E-state index contributed by atoms with van der Waals surface area (Å²) in [4.78, 5) is 2.32. The monoisotopic (exact) mass is 392 g/mol. The third-order valence-electron chi connectivity index (χ3n) is 5.50. The number of hydrogen-bond acceptors (Lipinski definition) is 2. The fourth-order valence-corrected chi connectivity index (χ4v) is 4.17. The molecule has 1 unspecified atom stereocenters. The number of alkyl halides is 1. The van der Waals surface area contributed by atoms with Crippen molar-refractivity contribution < 1.29 is 9.50 Å². The standard InChI is InChI=1S/C22H30ClFN2O/c23-13-21(27)17-25(14-18-7-2-1-3-8-18)16-20-10-6-12-26(20)15-19-9-4-5-11-22(19)24/h4-6,9-12,18,21,27H,1-3,7-8,13-17H2. The number of aromatic nitrogens is 1. The first-order chi connectivity index (χ1) is 13.2. The van der Waals surface area contributed by atoms with Gasteiger partial charge in [0.25, 0.3) is 0 Å². The van der Waals surface area contributed by atoms with Gasteiger partial charge in [0.15, 0.2) is 0 Å². The number of halogens is 2. The number of aliphatic hydroxyl groups excluding tert-OH is 1. The van der Waals surface area contributed by atoms with Crippen molar-refractivity contribution in [3.63, 3.8) is 0 Å². The fourth-order valence-electron chi connectivity index (χ4n) is 4.07. The van der Waals surface area contributed by atoms with Crippen LogP contribution in [-0.4, -0.2) is 39.6 Å². The average Bonchev–Trinajstić information content (AvgIpc) is 3.11. The van der Waals surface area contributed by atoms with Crippen LogP contribution in [0.15, 0.2) is 42.6 Å². The third kappa shape index (κ3) is 6.06. The quantitative estimate of drug-likeness (QED) is 0.629. The van der Waals surface area contributed by atoms with E-state index in [0.717, 1.165) is 18.8 Å². The molecule has 0 aliphatic heterocycles. The maximum absolute atomic E-state index is 14.0. The van der Waals surface area contributed by atoms with E-state index in [9.17, 15) is 9.50 Å². The first-order valence-corrected chi connectivity index (χ1v) is 10.5. The lowest BCUT2D eigenvalue weighted by atomic mass is 9.89. The maximum atomic E-state index is 14.0. The Kier molecular flexibility index (Phi) is 7.74. The minimum atomic E-state index is -0.523.